The van der Waals surface area contributed by atoms with E-state index in [4.69, 9.17) is 4.74 Å². The highest BCUT2D eigenvalue weighted by atomic mass is 16.5. The summed E-state index contributed by atoms with van der Waals surface area (Å²) in [5.74, 6) is 1.49. The van der Waals surface area contributed by atoms with E-state index in [2.05, 4.69) is 65.1 Å². The molecule has 1 N–H and O–H groups in total. The molecule has 0 aliphatic carbocycles. The first-order valence-corrected chi connectivity index (χ1v) is 6.72. The van der Waals surface area contributed by atoms with Crippen LogP contribution in [0.2, 0.25) is 0 Å². The van der Waals surface area contributed by atoms with Crippen LogP contribution in [0.1, 0.15) is 38.8 Å². The van der Waals surface area contributed by atoms with Crippen LogP contribution in [0.5, 0.6) is 5.75 Å². The number of rotatable bonds is 5. The summed E-state index contributed by atoms with van der Waals surface area (Å²) in [5.41, 5.74) is 2.68. The highest BCUT2D eigenvalue weighted by Gasteiger charge is 2.11. The van der Waals surface area contributed by atoms with Gasteiger partial charge in [-0.1, -0.05) is 13.0 Å². The van der Waals surface area contributed by atoms with Gasteiger partial charge in [0.2, 0.25) is 0 Å². The summed E-state index contributed by atoms with van der Waals surface area (Å²) in [7, 11) is 0. The average Bonchev–Trinajstić information content (AvgIpc) is 2.21. The number of hydrogen-bond acceptors (Lipinski definition) is 2. The first kappa shape index (κ1) is 15.0. The standard InChI is InChI=1S/C16H27NO/c1-12-7-13(2)9-15(8-12)18-11-14(3)10-17-16(4,5)6/h7-9,14,17H,10-11H2,1-6H3. The lowest BCUT2D eigenvalue weighted by atomic mass is 10.1. The molecule has 0 heterocycles. The minimum atomic E-state index is 0.175. The Kier molecular flexibility index (Phi) is 5.21. The van der Waals surface area contributed by atoms with Gasteiger partial charge in [-0.2, -0.15) is 0 Å². The summed E-state index contributed by atoms with van der Waals surface area (Å²) in [6.07, 6.45) is 0. The van der Waals surface area contributed by atoms with Gasteiger partial charge in [0.25, 0.3) is 0 Å². The molecular formula is C16H27NO. The van der Waals surface area contributed by atoms with E-state index in [9.17, 15) is 0 Å². The molecule has 0 aliphatic heterocycles. The molecule has 1 unspecified atom stereocenters. The number of hydrogen-bond donors (Lipinski definition) is 1. The van der Waals surface area contributed by atoms with Crippen molar-refractivity contribution < 1.29 is 4.74 Å². The average molecular weight is 249 g/mol. The Morgan fingerprint density at radius 3 is 2.17 bits per heavy atom. The van der Waals surface area contributed by atoms with Crippen LogP contribution in [-0.4, -0.2) is 18.7 Å². The van der Waals surface area contributed by atoms with Crippen LogP contribution in [0.3, 0.4) is 0 Å². The van der Waals surface area contributed by atoms with Gasteiger partial charge in [-0.3, -0.25) is 0 Å². The van der Waals surface area contributed by atoms with Crippen molar-refractivity contribution in [1.29, 1.82) is 0 Å². The maximum atomic E-state index is 5.85. The third kappa shape index (κ3) is 6.06. The molecule has 0 radical (unpaired) electrons. The molecule has 2 nitrogen and oxygen atoms in total. The molecule has 102 valence electrons. The van der Waals surface area contributed by atoms with Crippen molar-refractivity contribution >= 4 is 0 Å². The molecule has 0 spiro atoms. The summed E-state index contributed by atoms with van der Waals surface area (Å²) in [5, 5.41) is 3.50. The van der Waals surface area contributed by atoms with E-state index in [0.29, 0.717) is 5.92 Å². The summed E-state index contributed by atoms with van der Waals surface area (Å²) in [6, 6.07) is 6.35. The van der Waals surface area contributed by atoms with E-state index in [1.54, 1.807) is 0 Å². The van der Waals surface area contributed by atoms with E-state index in [1.165, 1.54) is 11.1 Å². The van der Waals surface area contributed by atoms with Gasteiger partial charge < -0.3 is 10.1 Å². The monoisotopic (exact) mass is 249 g/mol. The fraction of sp³-hybridized carbons (Fsp3) is 0.625. The SMILES string of the molecule is Cc1cc(C)cc(OCC(C)CNC(C)(C)C)c1. The smallest absolute Gasteiger partial charge is 0.119 e. The van der Waals surface area contributed by atoms with Crippen molar-refractivity contribution in [2.75, 3.05) is 13.2 Å². The van der Waals surface area contributed by atoms with Gasteiger partial charge in [0.1, 0.15) is 5.75 Å². The molecule has 0 saturated carbocycles. The fourth-order valence-electron chi connectivity index (χ4n) is 1.79. The molecule has 0 saturated heterocycles. The van der Waals surface area contributed by atoms with Crippen molar-refractivity contribution in [3.63, 3.8) is 0 Å². The van der Waals surface area contributed by atoms with Gasteiger partial charge in [-0.05, 0) is 57.9 Å². The molecule has 0 aromatic heterocycles. The summed E-state index contributed by atoms with van der Waals surface area (Å²) in [6.45, 7) is 14.7. The Morgan fingerprint density at radius 2 is 1.67 bits per heavy atom. The first-order valence-electron chi connectivity index (χ1n) is 6.72. The number of ether oxygens (including phenoxy) is 1. The third-order valence-corrected chi connectivity index (χ3v) is 2.71. The van der Waals surface area contributed by atoms with Gasteiger partial charge in [-0.15, -0.1) is 0 Å². The van der Waals surface area contributed by atoms with Crippen LogP contribution >= 0.6 is 0 Å². The van der Waals surface area contributed by atoms with E-state index >= 15 is 0 Å². The Hall–Kier alpha value is -1.02. The van der Waals surface area contributed by atoms with Crippen LogP contribution in [0.15, 0.2) is 18.2 Å². The zero-order valence-corrected chi connectivity index (χ0v) is 12.6. The van der Waals surface area contributed by atoms with Crippen molar-refractivity contribution in [3.8, 4) is 5.75 Å². The Labute approximate surface area is 112 Å². The Balaban J connectivity index is 2.40. The lowest BCUT2D eigenvalue weighted by molar-refractivity contribution is 0.244. The summed E-state index contributed by atoms with van der Waals surface area (Å²) in [4.78, 5) is 0. The second kappa shape index (κ2) is 6.24. The Morgan fingerprint density at radius 1 is 1.11 bits per heavy atom. The highest BCUT2D eigenvalue weighted by Crippen LogP contribution is 2.17. The van der Waals surface area contributed by atoms with Gasteiger partial charge in [-0.25, -0.2) is 0 Å². The third-order valence-electron chi connectivity index (χ3n) is 2.71. The van der Waals surface area contributed by atoms with Crippen LogP contribution in [-0.2, 0) is 0 Å². The zero-order valence-electron chi connectivity index (χ0n) is 12.6. The van der Waals surface area contributed by atoms with E-state index in [0.717, 1.165) is 18.9 Å². The summed E-state index contributed by atoms with van der Waals surface area (Å²) < 4.78 is 5.85. The molecule has 1 rings (SSSR count). The minimum Gasteiger partial charge on any atom is -0.493 e. The summed E-state index contributed by atoms with van der Waals surface area (Å²) >= 11 is 0. The van der Waals surface area contributed by atoms with Crippen molar-refractivity contribution in [1.82, 2.24) is 5.32 Å². The van der Waals surface area contributed by atoms with Gasteiger partial charge in [0.05, 0.1) is 6.61 Å². The van der Waals surface area contributed by atoms with Crippen molar-refractivity contribution in [3.05, 3.63) is 29.3 Å². The zero-order chi connectivity index (χ0) is 13.8. The topological polar surface area (TPSA) is 21.3 Å². The quantitative estimate of drug-likeness (QED) is 0.859. The molecule has 0 bridgehead atoms. The van der Waals surface area contributed by atoms with Crippen LogP contribution in [0, 0.1) is 19.8 Å². The second-order valence-electron chi connectivity index (χ2n) is 6.37. The van der Waals surface area contributed by atoms with E-state index < -0.39 is 0 Å². The van der Waals surface area contributed by atoms with Crippen LogP contribution in [0.4, 0.5) is 0 Å². The van der Waals surface area contributed by atoms with Crippen molar-refractivity contribution in [2.45, 2.75) is 47.1 Å². The molecule has 0 aliphatic rings. The molecule has 0 fully saturated rings. The number of aryl methyl sites for hydroxylation is 2. The molecule has 1 aromatic carbocycles. The minimum absolute atomic E-state index is 0.175. The van der Waals surface area contributed by atoms with E-state index in [-0.39, 0.29) is 5.54 Å². The second-order valence-corrected chi connectivity index (χ2v) is 6.37. The highest BCUT2D eigenvalue weighted by molar-refractivity contribution is 5.32. The lowest BCUT2D eigenvalue weighted by Crippen LogP contribution is -2.39. The fourth-order valence-corrected chi connectivity index (χ4v) is 1.79. The molecule has 18 heavy (non-hydrogen) atoms. The first-order chi connectivity index (χ1) is 8.26. The predicted molar refractivity (Wildman–Crippen MR) is 78.3 cm³/mol. The van der Waals surface area contributed by atoms with Gasteiger partial charge in [0, 0.05) is 18.0 Å². The normalized spacial score (nSPS) is 13.4. The predicted octanol–water partition coefficient (Wildman–Crippen LogP) is 3.71. The van der Waals surface area contributed by atoms with Crippen molar-refractivity contribution in [2.24, 2.45) is 5.92 Å². The Bertz CT molecular complexity index is 359. The number of benzene rings is 1. The molecule has 1 aromatic rings. The van der Waals surface area contributed by atoms with E-state index in [1.807, 2.05) is 0 Å². The maximum absolute atomic E-state index is 5.85. The molecular weight excluding hydrogens is 222 g/mol. The molecule has 2 heteroatoms. The lowest BCUT2D eigenvalue weighted by Gasteiger charge is -2.23. The maximum Gasteiger partial charge on any atom is 0.119 e. The van der Waals surface area contributed by atoms with Gasteiger partial charge in [0.15, 0.2) is 0 Å². The molecule has 1 atom stereocenters. The largest absolute Gasteiger partial charge is 0.493 e. The number of nitrogens with one attached hydrogen (secondary N) is 1. The van der Waals surface area contributed by atoms with Gasteiger partial charge >= 0.3 is 0 Å². The molecule has 0 amide bonds. The van der Waals surface area contributed by atoms with Crippen LogP contribution < -0.4 is 10.1 Å². The van der Waals surface area contributed by atoms with Crippen LogP contribution in [0.25, 0.3) is 0 Å².